The lowest BCUT2D eigenvalue weighted by atomic mass is 9.94. The maximum atomic E-state index is 12.8. The molecule has 1 fully saturated rings. The molecule has 1 aromatic heterocycles. The average Bonchev–Trinajstić information content (AvgIpc) is 2.86. The van der Waals surface area contributed by atoms with Crippen molar-refractivity contribution in [1.82, 2.24) is 8.87 Å². The zero-order valence-corrected chi connectivity index (χ0v) is 13.4. The maximum absolute atomic E-state index is 12.8. The summed E-state index contributed by atoms with van der Waals surface area (Å²) in [5.74, 6) is -0.806. The van der Waals surface area contributed by atoms with Crippen LogP contribution in [0.3, 0.4) is 0 Å². The Bertz CT molecular complexity index is 635. The second-order valence-corrected chi connectivity index (χ2v) is 7.52. The van der Waals surface area contributed by atoms with Crippen molar-refractivity contribution in [2.45, 2.75) is 51.1 Å². The van der Waals surface area contributed by atoms with E-state index in [-0.39, 0.29) is 16.6 Å². The van der Waals surface area contributed by atoms with Crippen LogP contribution in [0.15, 0.2) is 17.2 Å². The molecule has 0 aliphatic carbocycles. The Balaban J connectivity index is 2.42. The Morgan fingerprint density at radius 1 is 1.43 bits per heavy atom. The van der Waals surface area contributed by atoms with Gasteiger partial charge in [0.25, 0.3) is 0 Å². The third-order valence-corrected chi connectivity index (χ3v) is 6.31. The molecular formula is C14H22N2O4S. The molecule has 2 atom stereocenters. The Morgan fingerprint density at radius 3 is 2.62 bits per heavy atom. The topological polar surface area (TPSA) is 79.6 Å². The zero-order valence-electron chi connectivity index (χ0n) is 12.6. The van der Waals surface area contributed by atoms with Crippen LogP contribution in [0, 0.1) is 5.92 Å². The van der Waals surface area contributed by atoms with Crippen LogP contribution in [0.2, 0.25) is 0 Å². The molecule has 0 spiro atoms. The Kier molecular flexibility index (Phi) is 4.43. The van der Waals surface area contributed by atoms with Gasteiger partial charge in [-0.1, -0.05) is 6.92 Å². The summed E-state index contributed by atoms with van der Waals surface area (Å²) in [6.07, 6.45) is 3.28. The van der Waals surface area contributed by atoms with Crippen molar-refractivity contribution in [3.05, 3.63) is 18.0 Å². The SMILES string of the molecule is CCn1cc(S(=O)(=O)N2CCCC(C)C2C)cc1C(=O)O. The van der Waals surface area contributed by atoms with Crippen molar-refractivity contribution in [2.75, 3.05) is 6.54 Å². The highest BCUT2D eigenvalue weighted by molar-refractivity contribution is 7.89. The number of carboxylic acid groups (broad SMARTS) is 1. The van der Waals surface area contributed by atoms with E-state index in [1.807, 2.05) is 13.8 Å². The predicted octanol–water partition coefficient (Wildman–Crippen LogP) is 2.02. The number of hydrogen-bond donors (Lipinski definition) is 1. The number of aryl methyl sites for hydroxylation is 1. The van der Waals surface area contributed by atoms with Crippen LogP contribution in [-0.4, -0.2) is 41.0 Å². The van der Waals surface area contributed by atoms with Gasteiger partial charge >= 0.3 is 5.97 Å². The van der Waals surface area contributed by atoms with Gasteiger partial charge in [-0.05, 0) is 38.7 Å². The fourth-order valence-electron chi connectivity index (χ4n) is 2.84. The van der Waals surface area contributed by atoms with E-state index in [0.717, 1.165) is 12.8 Å². The first-order valence-corrected chi connectivity index (χ1v) is 8.68. The van der Waals surface area contributed by atoms with Gasteiger partial charge in [0.2, 0.25) is 10.0 Å². The Morgan fingerprint density at radius 2 is 2.10 bits per heavy atom. The summed E-state index contributed by atoms with van der Waals surface area (Å²) >= 11 is 0. The summed E-state index contributed by atoms with van der Waals surface area (Å²) in [5.41, 5.74) is 0.00814. The van der Waals surface area contributed by atoms with Crippen LogP contribution in [0.25, 0.3) is 0 Å². The summed E-state index contributed by atoms with van der Waals surface area (Å²) in [6, 6.07) is 1.19. The third kappa shape index (κ3) is 2.85. The van der Waals surface area contributed by atoms with E-state index in [4.69, 9.17) is 5.11 Å². The lowest BCUT2D eigenvalue weighted by molar-refractivity contribution is 0.0685. The number of aromatic nitrogens is 1. The highest BCUT2D eigenvalue weighted by Crippen LogP contribution is 2.29. The molecule has 1 aliphatic rings. The summed E-state index contributed by atoms with van der Waals surface area (Å²) in [7, 11) is -3.64. The monoisotopic (exact) mass is 314 g/mol. The van der Waals surface area contributed by atoms with Gasteiger partial charge in [0.1, 0.15) is 10.6 Å². The van der Waals surface area contributed by atoms with Gasteiger partial charge in [-0.25, -0.2) is 13.2 Å². The van der Waals surface area contributed by atoms with Crippen molar-refractivity contribution in [3.8, 4) is 0 Å². The zero-order chi connectivity index (χ0) is 15.8. The van der Waals surface area contributed by atoms with Crippen LogP contribution < -0.4 is 0 Å². The number of nitrogens with zero attached hydrogens (tertiary/aromatic N) is 2. The summed E-state index contributed by atoms with van der Waals surface area (Å²) < 4.78 is 28.5. The van der Waals surface area contributed by atoms with Gasteiger partial charge in [-0.15, -0.1) is 0 Å². The third-order valence-electron chi connectivity index (χ3n) is 4.35. The van der Waals surface area contributed by atoms with E-state index in [9.17, 15) is 13.2 Å². The van der Waals surface area contributed by atoms with Gasteiger partial charge in [-0.2, -0.15) is 4.31 Å². The number of hydrogen-bond acceptors (Lipinski definition) is 3. The maximum Gasteiger partial charge on any atom is 0.352 e. The first-order chi connectivity index (χ1) is 9.78. The summed E-state index contributed by atoms with van der Waals surface area (Å²) in [4.78, 5) is 11.3. The molecule has 1 saturated heterocycles. The van der Waals surface area contributed by atoms with Crippen LogP contribution in [0.5, 0.6) is 0 Å². The number of aromatic carboxylic acids is 1. The van der Waals surface area contributed by atoms with Crippen molar-refractivity contribution >= 4 is 16.0 Å². The molecule has 2 heterocycles. The predicted molar refractivity (Wildman–Crippen MR) is 78.8 cm³/mol. The molecule has 0 radical (unpaired) electrons. The van der Waals surface area contributed by atoms with Crippen molar-refractivity contribution in [1.29, 1.82) is 0 Å². The second-order valence-electron chi connectivity index (χ2n) is 5.63. The van der Waals surface area contributed by atoms with E-state index in [1.54, 1.807) is 6.92 Å². The average molecular weight is 314 g/mol. The van der Waals surface area contributed by atoms with Gasteiger partial charge in [0, 0.05) is 25.3 Å². The van der Waals surface area contributed by atoms with Crippen LogP contribution >= 0.6 is 0 Å². The number of piperidine rings is 1. The molecule has 118 valence electrons. The summed E-state index contributed by atoms with van der Waals surface area (Å²) in [5, 5.41) is 9.15. The van der Waals surface area contributed by atoms with E-state index in [0.29, 0.717) is 19.0 Å². The first-order valence-electron chi connectivity index (χ1n) is 7.24. The molecular weight excluding hydrogens is 292 g/mol. The summed E-state index contributed by atoms with van der Waals surface area (Å²) in [6.45, 7) is 6.66. The van der Waals surface area contributed by atoms with Crippen LogP contribution in [-0.2, 0) is 16.6 Å². The fraction of sp³-hybridized carbons (Fsp3) is 0.643. The van der Waals surface area contributed by atoms with E-state index in [1.165, 1.54) is 21.1 Å². The van der Waals surface area contributed by atoms with Crippen LogP contribution in [0.4, 0.5) is 0 Å². The molecule has 1 N–H and O–H groups in total. The minimum absolute atomic E-state index is 0.00814. The molecule has 0 amide bonds. The molecule has 2 rings (SSSR count). The largest absolute Gasteiger partial charge is 0.477 e. The van der Waals surface area contributed by atoms with Gasteiger partial charge in [0.05, 0.1) is 0 Å². The van der Waals surface area contributed by atoms with Gasteiger partial charge < -0.3 is 9.67 Å². The van der Waals surface area contributed by atoms with E-state index < -0.39 is 16.0 Å². The highest BCUT2D eigenvalue weighted by atomic mass is 32.2. The minimum atomic E-state index is -3.64. The quantitative estimate of drug-likeness (QED) is 0.922. The number of carbonyl (C=O) groups is 1. The number of sulfonamides is 1. The van der Waals surface area contributed by atoms with Crippen molar-refractivity contribution < 1.29 is 18.3 Å². The van der Waals surface area contributed by atoms with Gasteiger partial charge in [-0.3, -0.25) is 0 Å². The minimum Gasteiger partial charge on any atom is -0.477 e. The molecule has 1 aromatic rings. The molecule has 0 bridgehead atoms. The lowest BCUT2D eigenvalue weighted by Gasteiger charge is -2.36. The van der Waals surface area contributed by atoms with Crippen molar-refractivity contribution in [2.24, 2.45) is 5.92 Å². The second kappa shape index (κ2) is 5.81. The smallest absolute Gasteiger partial charge is 0.352 e. The standard InChI is InChI=1S/C14H22N2O4S/c1-4-15-9-12(8-13(15)14(17)18)21(19,20)16-7-5-6-10(2)11(16)3/h8-11H,4-7H2,1-3H3,(H,17,18). The molecule has 1 aliphatic heterocycles. The van der Waals surface area contributed by atoms with E-state index >= 15 is 0 Å². The number of rotatable bonds is 4. The molecule has 0 aromatic carbocycles. The highest BCUT2D eigenvalue weighted by Gasteiger charge is 2.35. The molecule has 6 nitrogen and oxygen atoms in total. The molecule has 2 unspecified atom stereocenters. The Hall–Kier alpha value is -1.34. The fourth-order valence-corrected chi connectivity index (χ4v) is 4.64. The lowest BCUT2D eigenvalue weighted by Crippen LogP contribution is -2.45. The van der Waals surface area contributed by atoms with Crippen LogP contribution in [0.1, 0.15) is 44.1 Å². The first kappa shape index (κ1) is 16.0. The van der Waals surface area contributed by atoms with E-state index in [2.05, 4.69) is 0 Å². The molecule has 0 saturated carbocycles. The normalized spacial score (nSPS) is 24.1. The van der Waals surface area contributed by atoms with Crippen molar-refractivity contribution in [3.63, 3.8) is 0 Å². The Labute approximate surface area is 125 Å². The number of carboxylic acids is 1. The molecule has 7 heteroatoms. The van der Waals surface area contributed by atoms with Gasteiger partial charge in [0.15, 0.2) is 0 Å². The molecule has 21 heavy (non-hydrogen) atoms.